The Morgan fingerprint density at radius 3 is 2.41 bits per heavy atom. The lowest BCUT2D eigenvalue weighted by Crippen LogP contribution is -2.49. The molecule has 3 aromatic rings. The van der Waals surface area contributed by atoms with Gasteiger partial charge in [0, 0.05) is 54.3 Å². The molecule has 172 valence electrons. The van der Waals surface area contributed by atoms with Gasteiger partial charge in [-0.25, -0.2) is 8.78 Å². The number of nitrogens with zero attached hydrogens (tertiary/aromatic N) is 3. The SMILES string of the molecule is COc1ccc([S+]([O-])n2cc(C(F)F)c3ccc(Cl)cc32)cc1N1CCN(C(C)C)CC1. The van der Waals surface area contributed by atoms with Crippen LogP contribution in [0.2, 0.25) is 5.02 Å². The molecule has 2 heterocycles. The van der Waals surface area contributed by atoms with Crippen LogP contribution in [0.1, 0.15) is 25.8 Å². The average molecular weight is 482 g/mol. The number of hydrogen-bond acceptors (Lipinski definition) is 4. The van der Waals surface area contributed by atoms with E-state index in [0.29, 0.717) is 32.6 Å². The third kappa shape index (κ3) is 4.41. The van der Waals surface area contributed by atoms with E-state index in [2.05, 4.69) is 23.6 Å². The van der Waals surface area contributed by atoms with Crippen LogP contribution >= 0.6 is 11.6 Å². The molecule has 1 saturated heterocycles. The van der Waals surface area contributed by atoms with Crippen LogP contribution in [-0.4, -0.2) is 52.8 Å². The highest BCUT2D eigenvalue weighted by Gasteiger charge is 2.27. The zero-order valence-electron chi connectivity index (χ0n) is 18.2. The van der Waals surface area contributed by atoms with Crippen molar-refractivity contribution in [1.29, 1.82) is 0 Å². The molecular formula is C23H26ClF2N3O2S. The molecular weight excluding hydrogens is 456 g/mol. The van der Waals surface area contributed by atoms with Crippen molar-refractivity contribution in [2.45, 2.75) is 31.2 Å². The zero-order valence-corrected chi connectivity index (χ0v) is 19.8. The van der Waals surface area contributed by atoms with Crippen molar-refractivity contribution in [3.05, 3.63) is 53.2 Å². The van der Waals surface area contributed by atoms with Gasteiger partial charge in [-0.3, -0.25) is 4.90 Å². The molecule has 0 saturated carbocycles. The first-order valence-electron chi connectivity index (χ1n) is 10.5. The third-order valence-electron chi connectivity index (χ3n) is 5.92. The summed E-state index contributed by atoms with van der Waals surface area (Å²) < 4.78 is 47.6. The second-order valence-corrected chi connectivity index (χ2v) is 9.87. The molecule has 4 rings (SSSR count). The van der Waals surface area contributed by atoms with Crippen LogP contribution < -0.4 is 9.64 Å². The Hall–Kier alpha value is -2.00. The van der Waals surface area contributed by atoms with Crippen molar-refractivity contribution >= 4 is 39.6 Å². The maximum absolute atomic E-state index is 13.6. The van der Waals surface area contributed by atoms with Crippen LogP contribution in [0.15, 0.2) is 47.5 Å². The van der Waals surface area contributed by atoms with Crippen molar-refractivity contribution in [3.63, 3.8) is 0 Å². The van der Waals surface area contributed by atoms with Crippen LogP contribution in [0, 0.1) is 0 Å². The predicted molar refractivity (Wildman–Crippen MR) is 126 cm³/mol. The van der Waals surface area contributed by atoms with Crippen LogP contribution in [0.4, 0.5) is 14.5 Å². The molecule has 1 atom stereocenters. The summed E-state index contributed by atoms with van der Waals surface area (Å²) in [5.74, 6) is 0.692. The summed E-state index contributed by atoms with van der Waals surface area (Å²) in [6.45, 7) is 7.85. The smallest absolute Gasteiger partial charge is 0.266 e. The summed E-state index contributed by atoms with van der Waals surface area (Å²) in [7, 11) is 1.61. The van der Waals surface area contributed by atoms with E-state index in [1.807, 2.05) is 6.07 Å². The lowest BCUT2D eigenvalue weighted by atomic mass is 10.2. The highest BCUT2D eigenvalue weighted by atomic mass is 35.5. The van der Waals surface area contributed by atoms with Crippen molar-refractivity contribution in [3.8, 4) is 5.75 Å². The molecule has 0 bridgehead atoms. The van der Waals surface area contributed by atoms with Crippen molar-refractivity contribution < 1.29 is 18.1 Å². The van der Waals surface area contributed by atoms with Crippen molar-refractivity contribution in [2.75, 3.05) is 38.2 Å². The lowest BCUT2D eigenvalue weighted by Gasteiger charge is -2.38. The molecule has 9 heteroatoms. The maximum Gasteiger partial charge on any atom is 0.266 e. The number of anilines is 1. The summed E-state index contributed by atoms with van der Waals surface area (Å²) in [6.07, 6.45) is -1.42. The highest BCUT2D eigenvalue weighted by Crippen LogP contribution is 2.36. The molecule has 1 aliphatic heterocycles. The number of fused-ring (bicyclic) bond motifs is 1. The number of halogens is 3. The second-order valence-electron chi connectivity index (χ2n) is 8.07. The van der Waals surface area contributed by atoms with Crippen molar-refractivity contribution in [1.82, 2.24) is 8.87 Å². The second kappa shape index (κ2) is 9.47. The molecule has 0 N–H and O–H groups in total. The van der Waals surface area contributed by atoms with Gasteiger partial charge in [0.15, 0.2) is 4.90 Å². The lowest BCUT2D eigenvalue weighted by molar-refractivity contribution is 0.153. The molecule has 0 amide bonds. The van der Waals surface area contributed by atoms with Gasteiger partial charge in [0.1, 0.15) is 17.1 Å². The summed E-state index contributed by atoms with van der Waals surface area (Å²) in [4.78, 5) is 5.13. The number of aromatic nitrogens is 1. The van der Waals surface area contributed by atoms with E-state index >= 15 is 0 Å². The van der Waals surface area contributed by atoms with Gasteiger partial charge >= 0.3 is 0 Å². The number of ether oxygens (including phenoxy) is 1. The number of piperazine rings is 1. The molecule has 0 radical (unpaired) electrons. The first-order valence-corrected chi connectivity index (χ1v) is 12.0. The molecule has 5 nitrogen and oxygen atoms in total. The van der Waals surface area contributed by atoms with E-state index < -0.39 is 17.8 Å². The third-order valence-corrected chi connectivity index (χ3v) is 7.47. The standard InChI is InChI=1S/C23H26ClF2N3O2S/c1-15(2)27-8-10-28(11-9-27)21-13-17(5-7-22(21)31-3)32(30)29-14-19(23(25)26)18-6-4-16(24)12-20(18)29/h4-7,12-15,23H,8-11H2,1-3H3. The largest absolute Gasteiger partial charge is 0.587 e. The Balaban J connectivity index is 1.70. The molecule has 32 heavy (non-hydrogen) atoms. The maximum atomic E-state index is 13.6. The van der Waals surface area contributed by atoms with Gasteiger partial charge < -0.3 is 14.2 Å². The Kier molecular flexibility index (Phi) is 6.86. The molecule has 1 fully saturated rings. The Morgan fingerprint density at radius 1 is 1.06 bits per heavy atom. The Labute approximate surface area is 194 Å². The molecule has 2 aromatic carbocycles. The summed E-state index contributed by atoms with van der Waals surface area (Å²) in [5.41, 5.74) is 1.10. The van der Waals surface area contributed by atoms with Crippen LogP contribution in [0.3, 0.4) is 0 Å². The highest BCUT2D eigenvalue weighted by molar-refractivity contribution is 7.90. The quantitative estimate of drug-likeness (QED) is 0.446. The van der Waals surface area contributed by atoms with E-state index in [4.69, 9.17) is 16.3 Å². The van der Waals surface area contributed by atoms with E-state index in [-0.39, 0.29) is 5.56 Å². The first kappa shape index (κ1) is 23.2. The van der Waals surface area contributed by atoms with Gasteiger partial charge in [-0.05, 0) is 38.1 Å². The van der Waals surface area contributed by atoms with Crippen LogP contribution in [-0.2, 0) is 11.4 Å². The van der Waals surface area contributed by atoms with E-state index in [1.165, 1.54) is 10.2 Å². The number of alkyl halides is 2. The normalized spacial score (nSPS) is 16.3. The van der Waals surface area contributed by atoms with Gasteiger partial charge in [-0.2, -0.15) is 3.97 Å². The summed E-state index contributed by atoms with van der Waals surface area (Å²) in [5, 5.41) is 0.740. The fourth-order valence-corrected chi connectivity index (χ4v) is 5.46. The minimum absolute atomic E-state index is 0.163. The Bertz CT molecular complexity index is 1100. The van der Waals surface area contributed by atoms with E-state index in [9.17, 15) is 13.3 Å². The summed E-state index contributed by atoms with van der Waals surface area (Å²) >= 11 is 4.37. The van der Waals surface area contributed by atoms with Crippen LogP contribution in [0.5, 0.6) is 5.75 Å². The topological polar surface area (TPSA) is 43.7 Å². The van der Waals surface area contributed by atoms with Gasteiger partial charge in [0.05, 0.1) is 24.5 Å². The van der Waals surface area contributed by atoms with Crippen LogP contribution in [0.25, 0.3) is 10.9 Å². The molecule has 1 unspecified atom stereocenters. The van der Waals surface area contributed by atoms with Gasteiger partial charge in [-0.15, -0.1) is 0 Å². The zero-order chi connectivity index (χ0) is 23.0. The number of hydrogen-bond donors (Lipinski definition) is 0. The molecule has 1 aliphatic rings. The summed E-state index contributed by atoms with van der Waals surface area (Å²) in [6, 6.07) is 10.5. The van der Waals surface area contributed by atoms with E-state index in [0.717, 1.165) is 31.9 Å². The number of benzene rings is 2. The minimum Gasteiger partial charge on any atom is -0.587 e. The van der Waals surface area contributed by atoms with E-state index in [1.54, 1.807) is 37.4 Å². The average Bonchev–Trinajstić information content (AvgIpc) is 3.17. The number of methoxy groups -OCH3 is 1. The number of rotatable bonds is 6. The van der Waals surface area contributed by atoms with Gasteiger partial charge in [-0.1, -0.05) is 17.7 Å². The van der Waals surface area contributed by atoms with Crippen molar-refractivity contribution in [2.24, 2.45) is 0 Å². The van der Waals surface area contributed by atoms with Gasteiger partial charge in [0.2, 0.25) is 0 Å². The fourth-order valence-electron chi connectivity index (χ4n) is 4.13. The molecule has 1 aromatic heterocycles. The predicted octanol–water partition coefficient (Wildman–Crippen LogP) is 5.34. The molecule has 0 spiro atoms. The Morgan fingerprint density at radius 2 is 1.78 bits per heavy atom. The fraction of sp³-hybridized carbons (Fsp3) is 0.391. The molecule has 0 aliphatic carbocycles. The first-order chi connectivity index (χ1) is 15.3. The minimum atomic E-state index is -2.68. The van der Waals surface area contributed by atoms with Gasteiger partial charge in [0.25, 0.3) is 6.43 Å². The monoisotopic (exact) mass is 481 g/mol.